The third-order valence-electron chi connectivity index (χ3n) is 7.18. The second-order valence-electron chi connectivity index (χ2n) is 10.8. The minimum absolute atomic E-state index is 0.0234. The van der Waals surface area contributed by atoms with E-state index in [0.29, 0.717) is 72.8 Å². The smallest absolute Gasteiger partial charge is 0.342 e. The molecule has 3 N–H and O–H groups in total. The maximum Gasteiger partial charge on any atom is 0.342 e. The van der Waals surface area contributed by atoms with E-state index < -0.39 is 23.8 Å². The van der Waals surface area contributed by atoms with Gasteiger partial charge >= 0.3 is 5.97 Å². The zero-order valence-corrected chi connectivity index (χ0v) is 26.8. The zero-order valence-electron chi connectivity index (χ0n) is 26.8. The van der Waals surface area contributed by atoms with Crippen LogP contribution in [0.3, 0.4) is 0 Å². The molecule has 11 heteroatoms. The summed E-state index contributed by atoms with van der Waals surface area (Å²) in [6.07, 6.45) is 3.83. The maximum atomic E-state index is 13.6. The second kappa shape index (κ2) is 19.3. The van der Waals surface area contributed by atoms with Crippen molar-refractivity contribution in [2.45, 2.75) is 70.8 Å². The molecule has 246 valence electrons. The number of unbranched alkanes of at least 4 members (excludes halogenated alkanes) is 3. The predicted molar refractivity (Wildman–Crippen MR) is 174 cm³/mol. The molecule has 0 bridgehead atoms. The number of nitriles is 2. The summed E-state index contributed by atoms with van der Waals surface area (Å²) >= 11 is 0. The van der Waals surface area contributed by atoms with Gasteiger partial charge in [0.25, 0.3) is 0 Å². The second-order valence-corrected chi connectivity index (χ2v) is 10.8. The van der Waals surface area contributed by atoms with Crippen LogP contribution in [0.2, 0.25) is 0 Å². The van der Waals surface area contributed by atoms with Crippen LogP contribution in [0.4, 0.5) is 0 Å². The number of carbonyl (C=O) groups is 3. The number of nitrogens with one attached hydrogen (secondary N) is 2. The molecule has 1 heterocycles. The third kappa shape index (κ3) is 11.2. The molecule has 0 radical (unpaired) electrons. The highest BCUT2D eigenvalue weighted by Gasteiger charge is 2.26. The first-order valence-corrected chi connectivity index (χ1v) is 15.6. The molecule has 2 aromatic carbocycles. The molecule has 0 saturated carbocycles. The monoisotopic (exact) mass is 640 g/mol. The number of carbonyl (C=O) groups excluding carboxylic acids is 3. The number of furan rings is 1. The number of nitrogens with zero attached hydrogens (tertiary/aromatic N) is 2. The van der Waals surface area contributed by atoms with Crippen molar-refractivity contribution in [3.8, 4) is 29.7 Å². The number of aliphatic hydroxyl groups excluding tert-OH is 1. The molecule has 11 nitrogen and oxygen atoms in total. The minimum Gasteiger partial charge on any atom is -0.497 e. The molecule has 0 aliphatic heterocycles. The van der Waals surface area contributed by atoms with Crippen LogP contribution in [-0.4, -0.2) is 55.8 Å². The number of aliphatic hydroxyl groups is 1. The Bertz CT molecular complexity index is 1670. The molecule has 1 atom stereocenters. The van der Waals surface area contributed by atoms with Gasteiger partial charge in [-0.2, -0.15) is 10.5 Å². The van der Waals surface area contributed by atoms with E-state index in [2.05, 4.69) is 34.6 Å². The molecule has 0 aliphatic carbocycles. The van der Waals surface area contributed by atoms with Gasteiger partial charge in [0, 0.05) is 51.0 Å². The topological polar surface area (TPSA) is 175 Å². The molecule has 0 saturated heterocycles. The summed E-state index contributed by atoms with van der Waals surface area (Å²) in [4.78, 5) is 38.5. The van der Waals surface area contributed by atoms with Gasteiger partial charge in [0.2, 0.25) is 11.8 Å². The number of amides is 2. The van der Waals surface area contributed by atoms with Crippen LogP contribution in [-0.2, 0) is 33.6 Å². The first kappa shape index (κ1) is 36.2. The standard InChI is InChI=1S/C36H40N4O7/c1-25(42)40-31(35(43)39-19-20-41)24-27-22-28(11-5-3-4-7-17-37)34-30(23-27)33(32(47-34)12-6-8-18-38)36(44)46-21-9-10-26-13-15-29(45-2)16-14-26/h13-16,22-23,31,41H,3-4,6-10,12,19-21,24H2,1-2H3,(H,39,43)(H,40,42)/t31-/m0/s1. The van der Waals surface area contributed by atoms with Gasteiger partial charge in [-0.25, -0.2) is 4.79 Å². The number of esters is 1. The SMILES string of the molecule is COc1ccc(CCCOC(=O)c2c(CCCC#N)oc3c(C#CCCCC#N)cc(C[C@H](NC(C)=O)C(=O)NCCO)cc23)cc1. The highest BCUT2D eigenvalue weighted by atomic mass is 16.5. The molecule has 0 aliphatic rings. The van der Waals surface area contributed by atoms with E-state index >= 15 is 0 Å². The van der Waals surface area contributed by atoms with E-state index in [4.69, 9.17) is 29.5 Å². The zero-order chi connectivity index (χ0) is 34.0. The summed E-state index contributed by atoms with van der Waals surface area (Å²) in [5, 5.41) is 32.9. The summed E-state index contributed by atoms with van der Waals surface area (Å²) in [5.74, 6) is 5.84. The first-order valence-electron chi connectivity index (χ1n) is 15.6. The largest absolute Gasteiger partial charge is 0.497 e. The fourth-order valence-electron chi connectivity index (χ4n) is 4.96. The van der Waals surface area contributed by atoms with Crippen LogP contribution >= 0.6 is 0 Å². The molecular formula is C36H40N4O7. The maximum absolute atomic E-state index is 13.6. The Morgan fingerprint density at radius 3 is 2.40 bits per heavy atom. The first-order chi connectivity index (χ1) is 22.8. The third-order valence-corrected chi connectivity index (χ3v) is 7.18. The molecule has 0 fully saturated rings. The number of methoxy groups -OCH3 is 1. The molecule has 0 spiro atoms. The number of rotatable bonds is 17. The lowest BCUT2D eigenvalue weighted by Gasteiger charge is -2.18. The Kier molecular flexibility index (Phi) is 14.8. The van der Waals surface area contributed by atoms with Crippen LogP contribution < -0.4 is 15.4 Å². The number of fused-ring (bicyclic) bond motifs is 1. The van der Waals surface area contributed by atoms with Crippen LogP contribution in [0, 0.1) is 34.5 Å². The van der Waals surface area contributed by atoms with Crippen LogP contribution in [0.15, 0.2) is 40.8 Å². The van der Waals surface area contributed by atoms with E-state index in [0.717, 1.165) is 11.3 Å². The number of hydrogen-bond donors (Lipinski definition) is 3. The fraction of sp³-hybridized carbons (Fsp3) is 0.417. The molecular weight excluding hydrogens is 600 g/mol. The van der Waals surface area contributed by atoms with Crippen LogP contribution in [0.1, 0.15) is 78.3 Å². The molecule has 3 aromatic rings. The minimum atomic E-state index is -0.955. The molecule has 1 aromatic heterocycles. The normalized spacial score (nSPS) is 11.0. The van der Waals surface area contributed by atoms with Gasteiger partial charge in [0.15, 0.2) is 5.58 Å². The van der Waals surface area contributed by atoms with Gasteiger partial charge in [-0.3, -0.25) is 9.59 Å². The molecule has 2 amide bonds. The van der Waals surface area contributed by atoms with E-state index in [1.165, 1.54) is 6.92 Å². The lowest BCUT2D eigenvalue weighted by atomic mass is 9.98. The van der Waals surface area contributed by atoms with E-state index in [-0.39, 0.29) is 38.2 Å². The highest BCUT2D eigenvalue weighted by Crippen LogP contribution is 2.32. The van der Waals surface area contributed by atoms with Crippen molar-refractivity contribution in [3.05, 3.63) is 64.4 Å². The summed E-state index contributed by atoms with van der Waals surface area (Å²) in [6.45, 7) is 1.23. The number of hydrogen-bond acceptors (Lipinski definition) is 9. The highest BCUT2D eigenvalue weighted by molar-refractivity contribution is 6.06. The van der Waals surface area contributed by atoms with Crippen molar-refractivity contribution in [1.29, 1.82) is 10.5 Å². The van der Waals surface area contributed by atoms with Gasteiger partial charge in [0.1, 0.15) is 23.1 Å². The summed E-state index contributed by atoms with van der Waals surface area (Å²) in [5.41, 5.74) is 2.77. The van der Waals surface area contributed by atoms with Crippen molar-refractivity contribution in [2.24, 2.45) is 0 Å². The Balaban J connectivity index is 1.99. The van der Waals surface area contributed by atoms with E-state index in [1.54, 1.807) is 19.2 Å². The van der Waals surface area contributed by atoms with Crippen molar-refractivity contribution < 1.29 is 33.4 Å². The Hall–Kier alpha value is -5.31. The lowest BCUT2D eigenvalue weighted by molar-refractivity contribution is -0.128. The number of ether oxygens (including phenoxy) is 2. The van der Waals surface area contributed by atoms with Gasteiger partial charge < -0.3 is 29.6 Å². The van der Waals surface area contributed by atoms with Crippen molar-refractivity contribution in [1.82, 2.24) is 10.6 Å². The van der Waals surface area contributed by atoms with Crippen LogP contribution in [0.25, 0.3) is 11.0 Å². The van der Waals surface area contributed by atoms with Gasteiger partial charge in [-0.1, -0.05) is 24.0 Å². The van der Waals surface area contributed by atoms with Crippen molar-refractivity contribution >= 4 is 28.8 Å². The van der Waals surface area contributed by atoms with E-state index in [9.17, 15) is 14.4 Å². The number of benzene rings is 2. The summed E-state index contributed by atoms with van der Waals surface area (Å²) in [6, 6.07) is 14.4. The quantitative estimate of drug-likeness (QED) is 0.111. The molecule has 0 unspecified atom stereocenters. The molecule has 47 heavy (non-hydrogen) atoms. The Labute approximate surface area is 274 Å². The van der Waals surface area contributed by atoms with Gasteiger partial charge in [-0.15, -0.1) is 0 Å². The summed E-state index contributed by atoms with van der Waals surface area (Å²) in [7, 11) is 1.61. The average Bonchev–Trinajstić information content (AvgIpc) is 3.43. The summed E-state index contributed by atoms with van der Waals surface area (Å²) < 4.78 is 17.2. The van der Waals surface area contributed by atoms with Gasteiger partial charge in [0.05, 0.1) is 38.0 Å². The molecule has 3 rings (SSSR count). The average molecular weight is 641 g/mol. The Morgan fingerprint density at radius 2 is 1.72 bits per heavy atom. The lowest BCUT2D eigenvalue weighted by Crippen LogP contribution is -2.48. The Morgan fingerprint density at radius 1 is 0.979 bits per heavy atom. The van der Waals surface area contributed by atoms with Crippen LogP contribution in [0.5, 0.6) is 5.75 Å². The van der Waals surface area contributed by atoms with Crippen molar-refractivity contribution in [3.63, 3.8) is 0 Å². The van der Waals surface area contributed by atoms with Crippen molar-refractivity contribution in [2.75, 3.05) is 26.9 Å². The van der Waals surface area contributed by atoms with E-state index in [1.807, 2.05) is 24.3 Å². The fourth-order valence-corrected chi connectivity index (χ4v) is 4.96. The predicted octanol–water partition coefficient (Wildman–Crippen LogP) is 4.28. The number of aryl methyl sites for hydroxylation is 2. The van der Waals surface area contributed by atoms with Gasteiger partial charge in [-0.05, 0) is 61.1 Å².